The van der Waals surface area contributed by atoms with Crippen molar-refractivity contribution >= 4 is 15.7 Å². The van der Waals surface area contributed by atoms with Crippen molar-refractivity contribution in [3.63, 3.8) is 0 Å². The van der Waals surface area contributed by atoms with E-state index < -0.39 is 15.9 Å². The molecule has 6 heteroatoms. The van der Waals surface area contributed by atoms with E-state index in [1.807, 2.05) is 62.4 Å². The molecular formula is C22H27NO4S. The Balaban J connectivity index is 1.80. The Hall–Kier alpha value is -2.34. The lowest BCUT2D eigenvalue weighted by molar-refractivity contribution is -0.140. The van der Waals surface area contributed by atoms with Crippen molar-refractivity contribution in [2.45, 2.75) is 45.9 Å². The number of rotatable bonds is 6. The number of sulfone groups is 1. The highest BCUT2D eigenvalue weighted by Crippen LogP contribution is 2.23. The topological polar surface area (TPSA) is 63.7 Å². The van der Waals surface area contributed by atoms with Gasteiger partial charge in [0, 0.05) is 12.6 Å². The lowest BCUT2D eigenvalue weighted by Gasteiger charge is -2.31. The zero-order valence-corrected chi connectivity index (χ0v) is 17.4. The smallest absolute Gasteiger partial charge is 0.263 e. The van der Waals surface area contributed by atoms with Crippen LogP contribution in [0.2, 0.25) is 0 Å². The molecule has 0 aliphatic carbocycles. The van der Waals surface area contributed by atoms with E-state index in [9.17, 15) is 13.2 Å². The Labute approximate surface area is 167 Å². The lowest BCUT2D eigenvalue weighted by Crippen LogP contribution is -2.46. The van der Waals surface area contributed by atoms with Crippen LogP contribution in [0.3, 0.4) is 0 Å². The third-order valence-corrected chi connectivity index (χ3v) is 6.73. The fourth-order valence-corrected chi connectivity index (χ4v) is 5.41. The zero-order valence-electron chi connectivity index (χ0n) is 16.6. The first-order valence-electron chi connectivity index (χ1n) is 9.53. The molecule has 2 aromatic carbocycles. The van der Waals surface area contributed by atoms with Crippen LogP contribution in [0.5, 0.6) is 5.75 Å². The zero-order chi connectivity index (χ0) is 20.3. The van der Waals surface area contributed by atoms with Gasteiger partial charge in [0.15, 0.2) is 15.9 Å². The predicted octanol–water partition coefficient (Wildman–Crippen LogP) is 3.29. The molecular weight excluding hydrogens is 374 g/mol. The third-order valence-electron chi connectivity index (χ3n) is 4.98. The summed E-state index contributed by atoms with van der Waals surface area (Å²) >= 11 is 0. The molecule has 1 fully saturated rings. The minimum atomic E-state index is -3.10. The van der Waals surface area contributed by atoms with Crippen LogP contribution in [0.25, 0.3) is 0 Å². The van der Waals surface area contributed by atoms with Gasteiger partial charge in [-0.1, -0.05) is 36.4 Å². The minimum Gasteiger partial charge on any atom is -0.481 e. The van der Waals surface area contributed by atoms with Crippen LogP contribution in [-0.4, -0.2) is 42.9 Å². The summed E-state index contributed by atoms with van der Waals surface area (Å²) in [6.45, 7) is 6.07. The third kappa shape index (κ3) is 5.13. The summed E-state index contributed by atoms with van der Waals surface area (Å²) in [4.78, 5) is 14.9. The summed E-state index contributed by atoms with van der Waals surface area (Å²) in [6, 6.07) is 15.2. The van der Waals surface area contributed by atoms with Crippen LogP contribution >= 0.6 is 0 Å². The fourth-order valence-electron chi connectivity index (χ4n) is 3.68. The van der Waals surface area contributed by atoms with Crippen LogP contribution in [0, 0.1) is 13.8 Å². The molecule has 1 aliphatic rings. The molecule has 1 heterocycles. The predicted molar refractivity (Wildman–Crippen MR) is 110 cm³/mol. The summed E-state index contributed by atoms with van der Waals surface area (Å²) in [6.07, 6.45) is -0.231. The van der Waals surface area contributed by atoms with Gasteiger partial charge in [0.1, 0.15) is 5.75 Å². The molecule has 0 spiro atoms. The van der Waals surface area contributed by atoms with Crippen molar-refractivity contribution in [1.29, 1.82) is 0 Å². The molecule has 0 N–H and O–H groups in total. The maximum absolute atomic E-state index is 13.2. The van der Waals surface area contributed by atoms with E-state index in [1.54, 1.807) is 11.8 Å². The average molecular weight is 402 g/mol. The number of carbonyl (C=O) groups is 1. The molecule has 3 rings (SSSR count). The summed E-state index contributed by atoms with van der Waals surface area (Å²) in [5, 5.41) is 0. The molecule has 0 radical (unpaired) electrons. The summed E-state index contributed by atoms with van der Waals surface area (Å²) in [5.41, 5.74) is 3.11. The molecule has 5 nitrogen and oxygen atoms in total. The molecule has 2 aromatic rings. The monoisotopic (exact) mass is 401 g/mol. The molecule has 1 aliphatic heterocycles. The molecule has 150 valence electrons. The van der Waals surface area contributed by atoms with Crippen molar-refractivity contribution in [3.05, 3.63) is 65.2 Å². The quantitative estimate of drug-likeness (QED) is 0.745. The summed E-state index contributed by atoms with van der Waals surface area (Å²) in [7, 11) is -3.10. The van der Waals surface area contributed by atoms with Crippen LogP contribution in [0.1, 0.15) is 30.0 Å². The SMILES string of the molecule is Cc1cc(C)cc(OC(C)C(=O)N(Cc2ccccc2)C2CCS(=O)(=O)C2)c1. The molecule has 0 aromatic heterocycles. The number of aryl methyl sites for hydroxylation is 2. The Morgan fingerprint density at radius 2 is 1.79 bits per heavy atom. The van der Waals surface area contributed by atoms with Crippen molar-refractivity contribution in [3.8, 4) is 5.75 Å². The van der Waals surface area contributed by atoms with E-state index in [0.717, 1.165) is 16.7 Å². The Morgan fingerprint density at radius 1 is 1.14 bits per heavy atom. The Morgan fingerprint density at radius 3 is 2.36 bits per heavy atom. The second kappa shape index (κ2) is 8.35. The highest BCUT2D eigenvalue weighted by molar-refractivity contribution is 7.91. The Bertz CT molecular complexity index is 920. The van der Waals surface area contributed by atoms with Crippen molar-refractivity contribution in [2.75, 3.05) is 11.5 Å². The minimum absolute atomic E-state index is 0.0157. The van der Waals surface area contributed by atoms with Crippen molar-refractivity contribution < 1.29 is 17.9 Å². The number of carbonyl (C=O) groups excluding carboxylic acids is 1. The van der Waals surface area contributed by atoms with E-state index >= 15 is 0 Å². The second-order valence-corrected chi connectivity index (χ2v) is 9.82. The van der Waals surface area contributed by atoms with Crippen LogP contribution in [-0.2, 0) is 21.2 Å². The van der Waals surface area contributed by atoms with Gasteiger partial charge in [0.05, 0.1) is 11.5 Å². The van der Waals surface area contributed by atoms with E-state index in [4.69, 9.17) is 4.74 Å². The molecule has 28 heavy (non-hydrogen) atoms. The lowest BCUT2D eigenvalue weighted by atomic mass is 10.1. The second-order valence-electron chi connectivity index (χ2n) is 7.59. The van der Waals surface area contributed by atoms with Gasteiger partial charge in [-0.05, 0) is 56.0 Å². The van der Waals surface area contributed by atoms with E-state index in [0.29, 0.717) is 18.7 Å². The summed E-state index contributed by atoms with van der Waals surface area (Å²) < 4.78 is 29.9. The first-order chi connectivity index (χ1) is 13.2. The van der Waals surface area contributed by atoms with Gasteiger partial charge in [-0.3, -0.25) is 4.79 Å². The van der Waals surface area contributed by atoms with Gasteiger partial charge in [-0.2, -0.15) is 0 Å². The number of hydrogen-bond donors (Lipinski definition) is 0. The van der Waals surface area contributed by atoms with Gasteiger partial charge in [0.2, 0.25) is 0 Å². The number of amides is 1. The van der Waals surface area contributed by atoms with Crippen LogP contribution in [0.15, 0.2) is 48.5 Å². The van der Waals surface area contributed by atoms with E-state index in [2.05, 4.69) is 0 Å². The molecule has 2 unspecified atom stereocenters. The summed E-state index contributed by atoms with van der Waals surface area (Å²) in [5.74, 6) is 0.604. The van der Waals surface area contributed by atoms with E-state index in [1.165, 1.54) is 0 Å². The van der Waals surface area contributed by atoms with E-state index in [-0.39, 0.29) is 23.5 Å². The number of benzene rings is 2. The van der Waals surface area contributed by atoms with Crippen molar-refractivity contribution in [2.24, 2.45) is 0 Å². The molecule has 1 saturated heterocycles. The van der Waals surface area contributed by atoms with Crippen molar-refractivity contribution in [1.82, 2.24) is 4.90 Å². The van der Waals surface area contributed by atoms with Gasteiger partial charge in [-0.25, -0.2) is 8.42 Å². The fraction of sp³-hybridized carbons (Fsp3) is 0.409. The molecule has 0 saturated carbocycles. The largest absolute Gasteiger partial charge is 0.481 e. The number of ether oxygens (including phenoxy) is 1. The molecule has 1 amide bonds. The Kier molecular flexibility index (Phi) is 6.08. The maximum atomic E-state index is 13.2. The first kappa shape index (κ1) is 20.4. The number of nitrogens with zero attached hydrogens (tertiary/aromatic N) is 1. The standard InChI is InChI=1S/C22H27NO4S/c1-16-11-17(2)13-21(12-16)27-18(3)22(24)23(14-19-7-5-4-6-8-19)20-9-10-28(25,26)15-20/h4-8,11-13,18,20H,9-10,14-15H2,1-3H3. The van der Waals surface area contributed by atoms with Gasteiger partial charge < -0.3 is 9.64 Å². The highest BCUT2D eigenvalue weighted by atomic mass is 32.2. The van der Waals surface area contributed by atoms with Gasteiger partial charge in [0.25, 0.3) is 5.91 Å². The van der Waals surface area contributed by atoms with Crippen LogP contribution in [0.4, 0.5) is 0 Å². The normalized spacial score (nSPS) is 19.2. The highest BCUT2D eigenvalue weighted by Gasteiger charge is 2.36. The van der Waals surface area contributed by atoms with Gasteiger partial charge in [-0.15, -0.1) is 0 Å². The van der Waals surface area contributed by atoms with Crippen LogP contribution < -0.4 is 4.74 Å². The molecule has 0 bridgehead atoms. The maximum Gasteiger partial charge on any atom is 0.263 e. The first-order valence-corrected chi connectivity index (χ1v) is 11.4. The van der Waals surface area contributed by atoms with Gasteiger partial charge >= 0.3 is 0 Å². The number of hydrogen-bond acceptors (Lipinski definition) is 4. The average Bonchev–Trinajstić information content (AvgIpc) is 2.98. The molecule has 2 atom stereocenters.